The summed E-state index contributed by atoms with van der Waals surface area (Å²) in [6.45, 7) is 1.86. The van der Waals surface area contributed by atoms with Gasteiger partial charge >= 0.3 is 6.09 Å². The Hall–Kier alpha value is -2.21. The van der Waals surface area contributed by atoms with E-state index in [2.05, 4.69) is 5.32 Å². The molecule has 4 nitrogen and oxygen atoms in total. The number of thioether (sulfide) groups is 1. The summed E-state index contributed by atoms with van der Waals surface area (Å²) in [6, 6.07) is 14.1. The molecule has 24 heavy (non-hydrogen) atoms. The Morgan fingerprint density at radius 1 is 1.17 bits per heavy atom. The van der Waals surface area contributed by atoms with Crippen molar-refractivity contribution in [2.24, 2.45) is 0 Å². The smallest absolute Gasteiger partial charge is 0.411 e. The fraction of sp³-hybridized carbons (Fsp3) is 0.278. The third-order valence-corrected chi connectivity index (χ3v) is 4.70. The van der Waals surface area contributed by atoms with Gasteiger partial charge in [-0.15, -0.1) is 0 Å². The monoisotopic (exact) mass is 346 g/mol. The topological polar surface area (TPSA) is 41.6 Å². The molecule has 1 heterocycles. The first-order valence-corrected chi connectivity index (χ1v) is 8.98. The van der Waals surface area contributed by atoms with Gasteiger partial charge in [-0.1, -0.05) is 30.3 Å². The van der Waals surface area contributed by atoms with Crippen molar-refractivity contribution in [1.29, 1.82) is 0 Å². The van der Waals surface area contributed by atoms with Crippen molar-refractivity contribution in [3.05, 3.63) is 59.9 Å². The van der Waals surface area contributed by atoms with Gasteiger partial charge in [0.05, 0.1) is 5.69 Å². The number of carbonyl (C=O) groups excluding carboxylic acids is 1. The summed E-state index contributed by atoms with van der Waals surface area (Å²) >= 11 is 1.88. The first-order valence-electron chi connectivity index (χ1n) is 7.82. The summed E-state index contributed by atoms with van der Waals surface area (Å²) < 4.78 is 19.4. The zero-order valence-electron chi connectivity index (χ0n) is 13.2. The van der Waals surface area contributed by atoms with Crippen molar-refractivity contribution in [2.45, 2.75) is 6.61 Å². The van der Waals surface area contributed by atoms with Gasteiger partial charge in [0.1, 0.15) is 12.4 Å². The van der Waals surface area contributed by atoms with Crippen LogP contribution in [0.2, 0.25) is 0 Å². The Kier molecular flexibility index (Phi) is 5.59. The second-order valence-corrected chi connectivity index (χ2v) is 6.68. The van der Waals surface area contributed by atoms with Gasteiger partial charge in [0.15, 0.2) is 0 Å². The first kappa shape index (κ1) is 16.6. The second kappa shape index (κ2) is 8.06. The van der Waals surface area contributed by atoms with Crippen LogP contribution in [0.3, 0.4) is 0 Å². The second-order valence-electron chi connectivity index (χ2n) is 5.45. The largest absolute Gasteiger partial charge is 0.444 e. The highest BCUT2D eigenvalue weighted by atomic mass is 32.2. The van der Waals surface area contributed by atoms with E-state index in [4.69, 9.17) is 4.74 Å². The van der Waals surface area contributed by atoms with Crippen LogP contribution in [0.15, 0.2) is 48.5 Å². The number of rotatable bonds is 4. The maximum Gasteiger partial charge on any atom is 0.411 e. The zero-order chi connectivity index (χ0) is 16.8. The zero-order valence-corrected chi connectivity index (χ0v) is 14.0. The van der Waals surface area contributed by atoms with Gasteiger partial charge < -0.3 is 9.64 Å². The van der Waals surface area contributed by atoms with Crippen molar-refractivity contribution < 1.29 is 13.9 Å². The van der Waals surface area contributed by atoms with E-state index >= 15 is 0 Å². The molecule has 1 aliphatic heterocycles. The van der Waals surface area contributed by atoms with Gasteiger partial charge in [-0.25, -0.2) is 9.18 Å². The van der Waals surface area contributed by atoms with E-state index < -0.39 is 6.09 Å². The highest BCUT2D eigenvalue weighted by Gasteiger charge is 2.15. The lowest BCUT2D eigenvalue weighted by Crippen LogP contribution is -2.33. The number of halogens is 1. The summed E-state index contributed by atoms with van der Waals surface area (Å²) in [7, 11) is 0. The molecule has 0 aliphatic carbocycles. The lowest BCUT2D eigenvalue weighted by Gasteiger charge is -2.28. The Labute approximate surface area is 145 Å². The fourth-order valence-electron chi connectivity index (χ4n) is 2.52. The molecule has 1 aliphatic rings. The van der Waals surface area contributed by atoms with Crippen LogP contribution in [-0.4, -0.2) is 30.7 Å². The van der Waals surface area contributed by atoms with Gasteiger partial charge in [-0.2, -0.15) is 11.8 Å². The summed E-state index contributed by atoms with van der Waals surface area (Å²) in [6.07, 6.45) is -0.597. The molecule has 126 valence electrons. The molecule has 1 amide bonds. The molecule has 0 radical (unpaired) electrons. The van der Waals surface area contributed by atoms with Crippen molar-refractivity contribution in [3.8, 4) is 0 Å². The highest BCUT2D eigenvalue weighted by Crippen LogP contribution is 2.25. The lowest BCUT2D eigenvalue weighted by atomic mass is 10.2. The Bertz CT molecular complexity index is 691. The van der Waals surface area contributed by atoms with E-state index in [-0.39, 0.29) is 12.4 Å². The van der Waals surface area contributed by atoms with Gasteiger partial charge in [-0.3, -0.25) is 5.32 Å². The standard InChI is InChI=1S/C18H19FN2O2S/c19-16-12-15(6-7-17(16)21-8-10-24-11-9-21)20-18(22)23-13-14-4-2-1-3-5-14/h1-7,12H,8-11,13H2,(H,20,22). The molecule has 0 aromatic heterocycles. The van der Waals surface area contributed by atoms with Crippen LogP contribution >= 0.6 is 11.8 Å². The fourth-order valence-corrected chi connectivity index (χ4v) is 3.43. The van der Waals surface area contributed by atoms with Crippen LogP contribution in [-0.2, 0) is 11.3 Å². The number of anilines is 2. The van der Waals surface area contributed by atoms with E-state index in [1.807, 2.05) is 47.0 Å². The van der Waals surface area contributed by atoms with E-state index in [1.54, 1.807) is 12.1 Å². The minimum atomic E-state index is -0.597. The van der Waals surface area contributed by atoms with Crippen LogP contribution in [0.5, 0.6) is 0 Å². The van der Waals surface area contributed by atoms with E-state index in [9.17, 15) is 9.18 Å². The third kappa shape index (κ3) is 4.41. The summed E-state index contributed by atoms with van der Waals surface area (Å²) in [5.41, 5.74) is 1.87. The molecule has 2 aromatic rings. The number of nitrogens with one attached hydrogen (secondary N) is 1. The number of hydrogen-bond donors (Lipinski definition) is 1. The molecule has 0 spiro atoms. The van der Waals surface area contributed by atoms with E-state index in [1.165, 1.54) is 6.07 Å². The van der Waals surface area contributed by atoms with Gasteiger partial charge in [0.2, 0.25) is 0 Å². The molecule has 6 heteroatoms. The van der Waals surface area contributed by atoms with Crippen LogP contribution in [0, 0.1) is 5.82 Å². The number of amides is 1. The Balaban J connectivity index is 1.57. The van der Waals surface area contributed by atoms with E-state index in [0.717, 1.165) is 30.2 Å². The predicted molar refractivity (Wildman–Crippen MR) is 96.2 cm³/mol. The number of benzene rings is 2. The average molecular weight is 346 g/mol. The molecular weight excluding hydrogens is 327 g/mol. The highest BCUT2D eigenvalue weighted by molar-refractivity contribution is 7.99. The van der Waals surface area contributed by atoms with Crippen molar-refractivity contribution in [3.63, 3.8) is 0 Å². The van der Waals surface area contributed by atoms with Crippen LogP contribution in [0.4, 0.5) is 20.6 Å². The molecule has 3 rings (SSSR count). The SMILES string of the molecule is O=C(Nc1ccc(N2CCSCC2)c(F)c1)OCc1ccccc1. The molecule has 1 fully saturated rings. The Morgan fingerprint density at radius 2 is 1.92 bits per heavy atom. The molecule has 1 N–H and O–H groups in total. The summed E-state index contributed by atoms with van der Waals surface area (Å²) in [5, 5.41) is 2.56. The van der Waals surface area contributed by atoms with Crippen LogP contribution in [0.25, 0.3) is 0 Å². The molecule has 1 saturated heterocycles. The van der Waals surface area contributed by atoms with Gasteiger partial charge in [-0.05, 0) is 23.8 Å². The van der Waals surface area contributed by atoms with E-state index in [0.29, 0.717) is 11.4 Å². The molecule has 0 bridgehead atoms. The maximum atomic E-state index is 14.3. The van der Waals surface area contributed by atoms with Crippen molar-refractivity contribution in [2.75, 3.05) is 34.8 Å². The Morgan fingerprint density at radius 3 is 2.62 bits per heavy atom. The molecule has 0 atom stereocenters. The number of ether oxygens (including phenoxy) is 1. The maximum absolute atomic E-state index is 14.3. The third-order valence-electron chi connectivity index (χ3n) is 3.76. The number of hydrogen-bond acceptors (Lipinski definition) is 4. The average Bonchev–Trinajstić information content (AvgIpc) is 2.62. The summed E-state index contributed by atoms with van der Waals surface area (Å²) in [4.78, 5) is 13.8. The normalized spacial score (nSPS) is 14.3. The molecular formula is C18H19FN2O2S. The minimum absolute atomic E-state index is 0.179. The van der Waals surface area contributed by atoms with Gasteiger partial charge in [0.25, 0.3) is 0 Å². The molecule has 0 unspecified atom stereocenters. The molecule has 2 aromatic carbocycles. The quantitative estimate of drug-likeness (QED) is 0.904. The van der Waals surface area contributed by atoms with Crippen molar-refractivity contribution in [1.82, 2.24) is 0 Å². The van der Waals surface area contributed by atoms with Crippen LogP contribution < -0.4 is 10.2 Å². The number of carbonyl (C=O) groups is 1. The predicted octanol–water partition coefficient (Wildman–Crippen LogP) is 4.13. The first-order chi connectivity index (χ1) is 11.7. The lowest BCUT2D eigenvalue weighted by molar-refractivity contribution is 0.155. The van der Waals surface area contributed by atoms with Gasteiger partial charge in [0, 0.05) is 30.3 Å². The number of nitrogens with zero attached hydrogens (tertiary/aromatic N) is 1. The van der Waals surface area contributed by atoms with Crippen LogP contribution in [0.1, 0.15) is 5.56 Å². The minimum Gasteiger partial charge on any atom is -0.444 e. The van der Waals surface area contributed by atoms with Crippen molar-refractivity contribution >= 4 is 29.2 Å². The molecule has 0 saturated carbocycles. The summed E-state index contributed by atoms with van der Waals surface area (Å²) in [5.74, 6) is 1.68.